The van der Waals surface area contributed by atoms with Crippen molar-refractivity contribution in [3.8, 4) is 0 Å². The third-order valence-corrected chi connectivity index (χ3v) is 10.9. The van der Waals surface area contributed by atoms with E-state index in [1.165, 1.54) is 0 Å². The SMILES string of the molecule is CN1C(=S)N(C)P2(N(C)C)(OC1(C(F)(F)F)C(F)(F)F)OC(C(F)(F)F)(C(F)(F)F)C(C(F)(F)F)(C(F)(F)F)O2. The molecule has 238 valence electrons. The Bertz CT molecular complexity index is 963. The summed E-state index contributed by atoms with van der Waals surface area (Å²) in [5.41, 5.74) is -21.9. The van der Waals surface area contributed by atoms with Gasteiger partial charge in [0.25, 0.3) is 0 Å². The van der Waals surface area contributed by atoms with E-state index in [4.69, 9.17) is 0 Å². The van der Waals surface area contributed by atoms with Crippen LogP contribution in [0, 0.1) is 0 Å². The molecule has 1 spiro atoms. The molecule has 40 heavy (non-hydrogen) atoms. The van der Waals surface area contributed by atoms with Crippen molar-refractivity contribution in [2.45, 2.75) is 54.0 Å². The van der Waals surface area contributed by atoms with E-state index < -0.39 is 80.9 Å². The Morgan fingerprint density at radius 3 is 1.05 bits per heavy atom. The average molecular weight is 675 g/mol. The van der Waals surface area contributed by atoms with Gasteiger partial charge in [-0.05, 0) is 0 Å². The predicted octanol–water partition coefficient (Wildman–Crippen LogP) is 6.45. The summed E-state index contributed by atoms with van der Waals surface area (Å²) in [6, 6.07) is 0. The summed E-state index contributed by atoms with van der Waals surface area (Å²) >= 11 is 4.25. The van der Waals surface area contributed by atoms with Gasteiger partial charge in [-0.15, -0.1) is 0 Å². The number of halogens is 18. The predicted molar refractivity (Wildman–Crippen MR) is 96.5 cm³/mol. The van der Waals surface area contributed by atoms with Crippen LogP contribution in [-0.2, 0) is 13.6 Å². The van der Waals surface area contributed by atoms with Gasteiger partial charge in [0, 0.05) is 0 Å². The summed E-state index contributed by atoms with van der Waals surface area (Å²) in [4.78, 5) is -1.22. The Hall–Kier alpha value is -1.30. The van der Waals surface area contributed by atoms with Crippen molar-refractivity contribution in [1.29, 1.82) is 0 Å². The van der Waals surface area contributed by atoms with Gasteiger partial charge in [-0.25, -0.2) is 0 Å². The summed E-state index contributed by atoms with van der Waals surface area (Å²) in [6.07, 6.45) is -46.2. The molecule has 0 aromatic heterocycles. The number of rotatable bonds is 1. The zero-order chi connectivity index (χ0) is 32.4. The summed E-state index contributed by atoms with van der Waals surface area (Å²) < 4.78 is 263. The van der Waals surface area contributed by atoms with E-state index >= 15 is 0 Å². The number of hydrogen-bond acceptors (Lipinski definition) is 5. The first-order chi connectivity index (χ1) is 17.1. The van der Waals surface area contributed by atoms with Gasteiger partial charge in [0.2, 0.25) is 0 Å². The van der Waals surface area contributed by atoms with E-state index in [-0.39, 0.29) is 28.2 Å². The molecule has 0 saturated carbocycles. The van der Waals surface area contributed by atoms with Gasteiger partial charge in [-0.1, -0.05) is 0 Å². The molecule has 0 atom stereocenters. The summed E-state index contributed by atoms with van der Waals surface area (Å²) in [5, 5.41) is -2.24. The molecule has 2 aliphatic rings. The Balaban J connectivity index is 3.44. The van der Waals surface area contributed by atoms with Crippen LogP contribution in [0.4, 0.5) is 79.0 Å². The Labute approximate surface area is 214 Å². The van der Waals surface area contributed by atoms with Crippen LogP contribution in [0.5, 0.6) is 0 Å². The van der Waals surface area contributed by atoms with Crippen molar-refractivity contribution in [3.05, 3.63) is 0 Å². The minimum absolute atomic E-state index is 0.153. The molecule has 0 amide bonds. The maximum atomic E-state index is 14.1. The number of thiocarbonyl (C=S) groups is 1. The topological polar surface area (TPSA) is 37.4 Å². The van der Waals surface area contributed by atoms with Crippen molar-refractivity contribution in [3.63, 3.8) is 0 Å². The monoisotopic (exact) mass is 675 g/mol. The second kappa shape index (κ2) is 8.41. The molecule has 0 aromatic rings. The first-order valence-electron chi connectivity index (χ1n) is 9.38. The molecule has 0 aromatic carbocycles. The molecule has 2 saturated heterocycles. The first-order valence-corrected chi connectivity index (χ1v) is 11.7. The van der Waals surface area contributed by atoms with Crippen molar-refractivity contribution < 1.29 is 92.6 Å². The zero-order valence-corrected chi connectivity index (χ0v) is 20.9. The molecule has 2 heterocycles. The van der Waals surface area contributed by atoms with Gasteiger partial charge in [-0.2, -0.15) is 0 Å². The van der Waals surface area contributed by atoms with Crippen LogP contribution in [0.2, 0.25) is 0 Å². The van der Waals surface area contributed by atoms with Crippen molar-refractivity contribution in [2.24, 2.45) is 0 Å². The summed E-state index contributed by atoms with van der Waals surface area (Å²) in [6.45, 7) is 0. The summed E-state index contributed by atoms with van der Waals surface area (Å²) in [7, 11) is -9.55. The second-order valence-corrected chi connectivity index (χ2v) is 12.2. The van der Waals surface area contributed by atoms with E-state index in [2.05, 4.69) is 25.8 Å². The molecule has 0 radical (unpaired) electrons. The second-order valence-electron chi connectivity index (χ2n) is 8.28. The van der Waals surface area contributed by atoms with Crippen LogP contribution in [-0.4, -0.2) is 102 Å². The van der Waals surface area contributed by atoms with Crippen LogP contribution in [0.25, 0.3) is 0 Å². The van der Waals surface area contributed by atoms with E-state index in [0.717, 1.165) is 0 Å². The van der Waals surface area contributed by atoms with Crippen LogP contribution in [0.1, 0.15) is 0 Å². The van der Waals surface area contributed by atoms with Crippen LogP contribution in [0.15, 0.2) is 0 Å². The third-order valence-electron chi connectivity index (χ3n) is 5.94. The normalized spacial score (nSPS) is 26.3. The van der Waals surface area contributed by atoms with Gasteiger partial charge in [0.1, 0.15) is 0 Å². The van der Waals surface area contributed by atoms with Gasteiger partial charge >= 0.3 is 214 Å². The average Bonchev–Trinajstić information content (AvgIpc) is 3.00. The number of hydrogen-bond donors (Lipinski definition) is 0. The molecule has 0 N–H and O–H groups in total. The molecule has 26 heteroatoms. The molecule has 6 nitrogen and oxygen atoms in total. The number of nitrogens with zero attached hydrogens (tertiary/aromatic N) is 3. The van der Waals surface area contributed by atoms with Crippen LogP contribution < -0.4 is 0 Å². The fraction of sp³-hybridized carbons (Fsp3) is 0.929. The number of alkyl halides is 18. The zero-order valence-electron chi connectivity index (χ0n) is 19.2. The van der Waals surface area contributed by atoms with E-state index in [1.807, 2.05) is 0 Å². The minimum atomic E-state index is -8.79. The molecular formula is C14H12F18N3O3PS. The van der Waals surface area contributed by atoms with Gasteiger partial charge in [-0.3, -0.25) is 0 Å². The quantitative estimate of drug-likeness (QED) is 0.180. The Morgan fingerprint density at radius 2 is 0.850 bits per heavy atom. The van der Waals surface area contributed by atoms with Crippen molar-refractivity contribution in [2.75, 3.05) is 28.2 Å². The fourth-order valence-corrected chi connectivity index (χ4v) is 8.96. The molecule has 2 rings (SSSR count). The Morgan fingerprint density at radius 1 is 0.575 bits per heavy atom. The van der Waals surface area contributed by atoms with Crippen molar-refractivity contribution >= 4 is 24.9 Å². The molecule has 2 aliphatic heterocycles. The molecule has 0 aliphatic carbocycles. The van der Waals surface area contributed by atoms with E-state index in [1.54, 1.807) is 0 Å². The maximum absolute atomic E-state index is 14.1. The van der Waals surface area contributed by atoms with Crippen LogP contribution in [0.3, 0.4) is 0 Å². The third kappa shape index (κ3) is 3.68. The molecule has 2 fully saturated rings. The fourth-order valence-electron chi connectivity index (χ4n) is 4.10. The standard InChI is InChI=1S/C14H12F18N3O3PS/c1-33(2)39(35(4)5(40)34(3)8(38-39,13(27,28)29)14(30,31)32)36-6(9(15,16)17,10(18,19)20)7(37-39,11(21,22)23)12(24,25)26/h1-4H3. The van der Waals surface area contributed by atoms with Crippen LogP contribution >= 0.6 is 19.8 Å². The molecular weight excluding hydrogens is 663 g/mol. The van der Waals surface area contributed by atoms with E-state index in [9.17, 15) is 79.0 Å². The summed E-state index contributed by atoms with van der Waals surface area (Å²) in [5.74, 6) is 0. The van der Waals surface area contributed by atoms with Gasteiger partial charge < -0.3 is 0 Å². The molecule has 0 bridgehead atoms. The Kier molecular flexibility index (Phi) is 7.34. The van der Waals surface area contributed by atoms with Crippen molar-refractivity contribution in [1.82, 2.24) is 14.2 Å². The van der Waals surface area contributed by atoms with E-state index in [0.29, 0.717) is 0 Å². The van der Waals surface area contributed by atoms with Gasteiger partial charge in [0.05, 0.1) is 0 Å². The molecule has 0 unspecified atom stereocenters. The first kappa shape index (κ1) is 34.9. The van der Waals surface area contributed by atoms with Gasteiger partial charge in [0.15, 0.2) is 0 Å².